The van der Waals surface area contributed by atoms with Gasteiger partial charge in [0.15, 0.2) is 11.4 Å². The number of phenolic OH excluding ortho intramolecular Hbond substituents is 1. The van der Waals surface area contributed by atoms with E-state index in [9.17, 15) is 34.8 Å². The number of amides is 1. The first-order valence-electron chi connectivity index (χ1n) is 11.4. The third-order valence-corrected chi connectivity index (χ3v) is 7.65. The molecule has 10 heteroatoms. The second kappa shape index (κ2) is 8.18. The molecule has 1 fully saturated rings. The lowest BCUT2D eigenvalue weighted by Crippen LogP contribution is -2.66. The first kappa shape index (κ1) is 24.9. The molecule has 0 aliphatic heterocycles. The van der Waals surface area contributed by atoms with Gasteiger partial charge in [-0.15, -0.1) is 0 Å². The summed E-state index contributed by atoms with van der Waals surface area (Å²) in [6.45, 7) is 2.39. The van der Waals surface area contributed by atoms with Crippen molar-refractivity contribution < 1.29 is 34.8 Å². The summed E-state index contributed by atoms with van der Waals surface area (Å²) in [7, 11) is 6.92. The zero-order valence-electron chi connectivity index (χ0n) is 20.4. The third kappa shape index (κ3) is 3.31. The summed E-state index contributed by atoms with van der Waals surface area (Å²) in [5.74, 6) is -6.91. The zero-order valence-corrected chi connectivity index (χ0v) is 20.4. The number of nitrogens with two attached hydrogens (primary N) is 1. The van der Waals surface area contributed by atoms with Gasteiger partial charge in [-0.1, -0.05) is 13.0 Å². The number of ketones is 2. The summed E-state index contributed by atoms with van der Waals surface area (Å²) in [5, 5.41) is 44.5. The Balaban J connectivity index is 2.01. The van der Waals surface area contributed by atoms with Gasteiger partial charge >= 0.3 is 0 Å². The van der Waals surface area contributed by atoms with E-state index in [2.05, 4.69) is 0 Å². The molecule has 188 valence electrons. The van der Waals surface area contributed by atoms with Gasteiger partial charge in [-0.2, -0.15) is 0 Å². The van der Waals surface area contributed by atoms with Crippen molar-refractivity contribution >= 4 is 23.2 Å². The number of carbonyl (C=O) groups is 3. The van der Waals surface area contributed by atoms with Gasteiger partial charge in [0, 0.05) is 18.0 Å². The maximum atomic E-state index is 13.9. The van der Waals surface area contributed by atoms with Crippen LogP contribution in [0, 0.1) is 11.8 Å². The Morgan fingerprint density at radius 2 is 1.77 bits per heavy atom. The second-order valence-electron chi connectivity index (χ2n) is 10.2. The Hall–Kier alpha value is -3.21. The van der Waals surface area contributed by atoms with Crippen molar-refractivity contribution in [3.05, 3.63) is 45.7 Å². The smallest absolute Gasteiger partial charge is 0.255 e. The van der Waals surface area contributed by atoms with Crippen LogP contribution in [-0.2, 0) is 20.9 Å². The summed E-state index contributed by atoms with van der Waals surface area (Å²) >= 11 is 0. The second-order valence-corrected chi connectivity index (χ2v) is 10.2. The van der Waals surface area contributed by atoms with Gasteiger partial charge in [-0.05, 0) is 63.6 Å². The fraction of sp³-hybridized carbons (Fsp3) is 0.480. The number of rotatable bonds is 4. The van der Waals surface area contributed by atoms with Crippen molar-refractivity contribution in [1.29, 1.82) is 0 Å². The standard InChI is InChI=1S/C25H31N3O7/c1-10-12-8-13-19(28(4)5)21(31)18(24(26)34)23(33)25(13,35)22(32)16(12)20(30)17-14(29)7-6-11(15(10)17)9-27(2)3/h6-7,10,12-13,19,29-30,33,35H,8-9H2,1-5H3,(H2,26,34)/t10-,12+,13-,19+,25-/m0/s1. The lowest BCUT2D eigenvalue weighted by molar-refractivity contribution is -0.154. The maximum Gasteiger partial charge on any atom is 0.255 e. The number of hydrogen-bond donors (Lipinski definition) is 5. The van der Waals surface area contributed by atoms with Crippen molar-refractivity contribution in [3.8, 4) is 5.75 Å². The van der Waals surface area contributed by atoms with E-state index in [0.717, 1.165) is 5.56 Å². The minimum atomic E-state index is -2.64. The molecular formula is C25H31N3O7. The van der Waals surface area contributed by atoms with Crippen LogP contribution in [0.4, 0.5) is 0 Å². The molecule has 4 rings (SSSR count). The van der Waals surface area contributed by atoms with Gasteiger partial charge in [0.1, 0.15) is 22.8 Å². The predicted octanol–water partition coefficient (Wildman–Crippen LogP) is 0.587. The van der Waals surface area contributed by atoms with E-state index in [4.69, 9.17) is 5.73 Å². The van der Waals surface area contributed by atoms with Crippen molar-refractivity contribution in [1.82, 2.24) is 9.80 Å². The number of aliphatic hydroxyl groups is 3. The summed E-state index contributed by atoms with van der Waals surface area (Å²) in [6, 6.07) is 2.10. The van der Waals surface area contributed by atoms with E-state index >= 15 is 0 Å². The number of nitrogens with zero attached hydrogens (tertiary/aromatic N) is 2. The van der Waals surface area contributed by atoms with E-state index in [0.29, 0.717) is 12.1 Å². The number of hydrogen-bond acceptors (Lipinski definition) is 9. The quantitative estimate of drug-likeness (QED) is 0.384. The molecule has 0 heterocycles. The average molecular weight is 486 g/mol. The van der Waals surface area contributed by atoms with Gasteiger partial charge in [0.05, 0.1) is 11.6 Å². The molecule has 0 radical (unpaired) electrons. The Morgan fingerprint density at radius 3 is 2.31 bits per heavy atom. The number of carbonyl (C=O) groups excluding carboxylic acids is 3. The minimum Gasteiger partial charge on any atom is -0.508 e. The first-order chi connectivity index (χ1) is 16.2. The van der Waals surface area contributed by atoms with E-state index in [1.165, 1.54) is 11.0 Å². The zero-order chi connectivity index (χ0) is 26.1. The molecule has 3 aliphatic carbocycles. The number of Topliss-reactive ketones (excluding diaryl/α,β-unsaturated/α-hetero) is 2. The molecular weight excluding hydrogens is 454 g/mol. The van der Waals surface area contributed by atoms with Crippen molar-refractivity contribution in [2.24, 2.45) is 17.6 Å². The monoisotopic (exact) mass is 485 g/mol. The third-order valence-electron chi connectivity index (χ3n) is 7.65. The van der Waals surface area contributed by atoms with E-state index in [-0.39, 0.29) is 29.2 Å². The Labute approximate surface area is 202 Å². The number of phenols is 1. The molecule has 1 aromatic carbocycles. The van der Waals surface area contributed by atoms with Crippen LogP contribution < -0.4 is 5.73 Å². The molecule has 1 saturated carbocycles. The highest BCUT2D eigenvalue weighted by Gasteiger charge is 2.64. The molecule has 1 aromatic rings. The van der Waals surface area contributed by atoms with Crippen LogP contribution in [-0.4, -0.2) is 87.5 Å². The Bertz CT molecular complexity index is 1220. The SMILES string of the molecule is C[C@@H]1c2c(CN(C)C)ccc(O)c2C(O)=C2C(=O)[C@]3(O)C(O)=C(C(N)=O)C(=O)[C@H](N(C)C)[C@@H]3C[C@@H]21. The summed E-state index contributed by atoms with van der Waals surface area (Å²) < 4.78 is 0. The largest absolute Gasteiger partial charge is 0.508 e. The van der Waals surface area contributed by atoms with Gasteiger partial charge < -0.3 is 31.1 Å². The molecule has 0 bridgehead atoms. The summed E-state index contributed by atoms with van der Waals surface area (Å²) in [6.07, 6.45) is 0.0595. The normalized spacial score (nSPS) is 30.5. The minimum absolute atomic E-state index is 0.0595. The van der Waals surface area contributed by atoms with Crippen LogP contribution in [0.2, 0.25) is 0 Å². The molecule has 6 N–H and O–H groups in total. The number of fused-ring (bicyclic) bond motifs is 3. The molecule has 0 saturated heterocycles. The van der Waals surface area contributed by atoms with Crippen molar-refractivity contribution in [2.75, 3.05) is 28.2 Å². The number of primary amides is 1. The maximum absolute atomic E-state index is 13.9. The van der Waals surface area contributed by atoms with Gasteiger partial charge in [-0.3, -0.25) is 19.3 Å². The number of benzene rings is 1. The Morgan fingerprint density at radius 1 is 1.14 bits per heavy atom. The highest BCUT2D eigenvalue weighted by molar-refractivity contribution is 6.24. The fourth-order valence-corrected chi connectivity index (χ4v) is 6.19. The highest BCUT2D eigenvalue weighted by atomic mass is 16.3. The van der Waals surface area contributed by atoms with Crippen LogP contribution in [0.1, 0.15) is 36.0 Å². The molecule has 10 nitrogen and oxygen atoms in total. The molecule has 3 aliphatic rings. The molecule has 35 heavy (non-hydrogen) atoms. The van der Waals surface area contributed by atoms with Crippen LogP contribution >= 0.6 is 0 Å². The van der Waals surface area contributed by atoms with Crippen molar-refractivity contribution in [3.63, 3.8) is 0 Å². The number of aromatic hydroxyl groups is 1. The van der Waals surface area contributed by atoms with Crippen molar-refractivity contribution in [2.45, 2.75) is 37.5 Å². The highest BCUT2D eigenvalue weighted by Crippen LogP contribution is 2.56. The predicted molar refractivity (Wildman–Crippen MR) is 126 cm³/mol. The first-order valence-corrected chi connectivity index (χ1v) is 11.4. The summed E-state index contributed by atoms with van der Waals surface area (Å²) in [4.78, 5) is 42.5. The molecule has 1 amide bonds. The molecule has 0 aromatic heterocycles. The average Bonchev–Trinajstić information content (AvgIpc) is 2.74. The van der Waals surface area contributed by atoms with Crippen LogP contribution in [0.25, 0.3) is 5.76 Å². The van der Waals surface area contributed by atoms with Crippen LogP contribution in [0.3, 0.4) is 0 Å². The molecule has 5 atom stereocenters. The van der Waals surface area contributed by atoms with Gasteiger partial charge in [-0.25, -0.2) is 0 Å². The van der Waals surface area contributed by atoms with E-state index in [1.54, 1.807) is 20.2 Å². The Kier molecular flexibility index (Phi) is 5.82. The number of likely N-dealkylation sites (N-methyl/N-ethyl adjacent to an activating group) is 1. The van der Waals surface area contributed by atoms with E-state index < -0.39 is 58.0 Å². The topological polar surface area (TPSA) is 165 Å². The van der Waals surface area contributed by atoms with Crippen LogP contribution in [0.5, 0.6) is 5.75 Å². The van der Waals surface area contributed by atoms with Gasteiger partial charge in [0.2, 0.25) is 5.78 Å². The van der Waals surface area contributed by atoms with E-state index in [1.807, 2.05) is 25.9 Å². The molecule has 0 spiro atoms. The van der Waals surface area contributed by atoms with Crippen LogP contribution in [0.15, 0.2) is 29.0 Å². The van der Waals surface area contributed by atoms with Gasteiger partial charge in [0.25, 0.3) is 5.91 Å². The molecule has 0 unspecified atom stereocenters. The lowest BCUT2D eigenvalue weighted by Gasteiger charge is -2.51. The summed E-state index contributed by atoms with van der Waals surface area (Å²) in [5.41, 5.74) is 3.38. The lowest BCUT2D eigenvalue weighted by atomic mass is 9.55. The fourth-order valence-electron chi connectivity index (χ4n) is 6.19. The number of aliphatic hydroxyl groups excluding tert-OH is 2.